The minimum Gasteiger partial charge on any atom is -0.237 e. The molecule has 0 bridgehead atoms. The molecule has 0 aromatic heterocycles. The van der Waals surface area contributed by atoms with E-state index < -0.39 is 0 Å². The zero-order valence-corrected chi connectivity index (χ0v) is 8.38. The molecule has 1 radical (unpaired) electrons. The van der Waals surface area contributed by atoms with Crippen LogP contribution in [0.2, 0.25) is 0 Å². The van der Waals surface area contributed by atoms with E-state index in [0.717, 1.165) is 18.8 Å². The summed E-state index contributed by atoms with van der Waals surface area (Å²) in [5, 5.41) is 10.2. The first-order valence-corrected chi connectivity index (χ1v) is 5.00. The van der Waals surface area contributed by atoms with Gasteiger partial charge in [0.1, 0.15) is 0 Å². The quantitative estimate of drug-likeness (QED) is 0.410. The highest BCUT2D eigenvalue weighted by Gasteiger charge is 2.00. The van der Waals surface area contributed by atoms with Gasteiger partial charge in [-0.2, -0.15) is 0 Å². The van der Waals surface area contributed by atoms with Crippen LogP contribution in [0.25, 0.3) is 0 Å². The molecule has 0 spiro atoms. The molecule has 1 unspecified atom stereocenters. The van der Waals surface area contributed by atoms with Crippen LogP contribution in [0.15, 0.2) is 12.2 Å². The summed E-state index contributed by atoms with van der Waals surface area (Å²) in [4.78, 5) is 0. The van der Waals surface area contributed by atoms with Gasteiger partial charge < -0.3 is 0 Å². The second kappa shape index (κ2) is 8.79. The van der Waals surface area contributed by atoms with Crippen LogP contribution in [0.4, 0.5) is 0 Å². The molecule has 0 saturated heterocycles. The molecule has 0 aliphatic rings. The van der Waals surface area contributed by atoms with Crippen LogP contribution in [0, 0.1) is 5.92 Å². The summed E-state index contributed by atoms with van der Waals surface area (Å²) in [6.07, 6.45) is 10.00. The fourth-order valence-electron chi connectivity index (χ4n) is 1.33. The number of hydrogen-bond donors (Lipinski definition) is 0. The van der Waals surface area contributed by atoms with E-state index in [-0.39, 0.29) is 6.61 Å². The Labute approximate surface area is 76.5 Å². The zero-order chi connectivity index (χ0) is 9.23. The van der Waals surface area contributed by atoms with Crippen molar-refractivity contribution in [2.24, 2.45) is 5.92 Å². The molecular formula is C11H21O. The van der Waals surface area contributed by atoms with E-state index >= 15 is 0 Å². The molecule has 71 valence electrons. The fourth-order valence-corrected chi connectivity index (χ4v) is 1.33. The van der Waals surface area contributed by atoms with Crippen LogP contribution >= 0.6 is 0 Å². The molecule has 0 saturated carbocycles. The maximum Gasteiger partial charge on any atom is 0.0822 e. The molecular weight excluding hydrogens is 148 g/mol. The van der Waals surface area contributed by atoms with E-state index in [4.69, 9.17) is 0 Å². The van der Waals surface area contributed by atoms with Crippen molar-refractivity contribution < 1.29 is 5.11 Å². The summed E-state index contributed by atoms with van der Waals surface area (Å²) in [6.45, 7) is 4.39. The molecule has 0 N–H and O–H groups in total. The van der Waals surface area contributed by atoms with Crippen LogP contribution in [-0.2, 0) is 5.11 Å². The minimum atomic E-state index is 0.0964. The Balaban J connectivity index is 3.13. The maximum atomic E-state index is 10.2. The van der Waals surface area contributed by atoms with Crippen molar-refractivity contribution in [3.8, 4) is 0 Å². The average Bonchev–Trinajstić information content (AvgIpc) is 2.09. The first-order chi connectivity index (χ1) is 5.81. The molecule has 1 heteroatoms. The van der Waals surface area contributed by atoms with E-state index in [1.54, 1.807) is 0 Å². The van der Waals surface area contributed by atoms with Gasteiger partial charge in [-0.05, 0) is 38.5 Å². The van der Waals surface area contributed by atoms with E-state index in [9.17, 15) is 5.11 Å². The van der Waals surface area contributed by atoms with Gasteiger partial charge in [-0.3, -0.25) is 0 Å². The summed E-state index contributed by atoms with van der Waals surface area (Å²) in [5.74, 6) is 0.740. The standard InChI is InChI=1S/C11H21O/c1-3-4-5-6-8-11(2)9-7-10-12/h3-4,11H,5-10H2,1-2H3. The lowest BCUT2D eigenvalue weighted by molar-refractivity contribution is 0.180. The monoisotopic (exact) mass is 169 g/mol. The molecule has 12 heavy (non-hydrogen) atoms. The third-order valence-electron chi connectivity index (χ3n) is 2.14. The summed E-state index contributed by atoms with van der Waals surface area (Å²) in [6, 6.07) is 0. The van der Waals surface area contributed by atoms with Crippen LogP contribution in [0.3, 0.4) is 0 Å². The van der Waals surface area contributed by atoms with Gasteiger partial charge in [0, 0.05) is 0 Å². The van der Waals surface area contributed by atoms with Crippen molar-refractivity contribution in [2.75, 3.05) is 6.61 Å². The lowest BCUT2D eigenvalue weighted by Crippen LogP contribution is -1.95. The van der Waals surface area contributed by atoms with Crippen molar-refractivity contribution in [1.29, 1.82) is 0 Å². The lowest BCUT2D eigenvalue weighted by atomic mass is 9.99. The van der Waals surface area contributed by atoms with Crippen LogP contribution in [0.1, 0.15) is 46.0 Å². The molecule has 0 fully saturated rings. The molecule has 0 heterocycles. The Hall–Kier alpha value is -0.300. The molecule has 0 aromatic rings. The first-order valence-electron chi connectivity index (χ1n) is 5.00. The van der Waals surface area contributed by atoms with E-state index in [0.29, 0.717) is 0 Å². The van der Waals surface area contributed by atoms with Crippen LogP contribution in [0.5, 0.6) is 0 Å². The Morgan fingerprint density at radius 3 is 2.50 bits per heavy atom. The van der Waals surface area contributed by atoms with Crippen molar-refractivity contribution in [3.05, 3.63) is 12.2 Å². The van der Waals surface area contributed by atoms with E-state index in [1.165, 1.54) is 19.3 Å². The molecule has 0 amide bonds. The highest BCUT2D eigenvalue weighted by atomic mass is 16.2. The van der Waals surface area contributed by atoms with Crippen LogP contribution in [-0.4, -0.2) is 6.61 Å². The van der Waals surface area contributed by atoms with Gasteiger partial charge in [-0.25, -0.2) is 5.11 Å². The molecule has 1 nitrogen and oxygen atoms in total. The zero-order valence-electron chi connectivity index (χ0n) is 8.38. The third kappa shape index (κ3) is 7.80. The van der Waals surface area contributed by atoms with Gasteiger partial charge in [0.25, 0.3) is 0 Å². The Morgan fingerprint density at radius 2 is 1.92 bits per heavy atom. The molecule has 0 aliphatic heterocycles. The van der Waals surface area contributed by atoms with Gasteiger partial charge in [-0.15, -0.1) is 0 Å². The topological polar surface area (TPSA) is 19.9 Å². The molecule has 0 aromatic carbocycles. The second-order valence-corrected chi connectivity index (χ2v) is 3.45. The number of unbranched alkanes of at least 4 members (excludes halogenated alkanes) is 1. The van der Waals surface area contributed by atoms with Gasteiger partial charge in [0.05, 0.1) is 6.61 Å². The smallest absolute Gasteiger partial charge is 0.0822 e. The fraction of sp³-hybridized carbons (Fsp3) is 0.818. The highest BCUT2D eigenvalue weighted by Crippen LogP contribution is 2.13. The summed E-state index contributed by atoms with van der Waals surface area (Å²) in [7, 11) is 0. The Morgan fingerprint density at radius 1 is 1.25 bits per heavy atom. The first kappa shape index (κ1) is 11.7. The SMILES string of the molecule is CC=CCCCC(C)CCC[O]. The largest absolute Gasteiger partial charge is 0.237 e. The average molecular weight is 169 g/mol. The third-order valence-corrected chi connectivity index (χ3v) is 2.14. The normalized spacial score (nSPS) is 13.9. The number of hydrogen-bond acceptors (Lipinski definition) is 0. The summed E-state index contributed by atoms with van der Waals surface area (Å²) in [5.41, 5.74) is 0. The number of rotatable bonds is 7. The van der Waals surface area contributed by atoms with Gasteiger partial charge in [0.15, 0.2) is 0 Å². The van der Waals surface area contributed by atoms with Crippen molar-refractivity contribution >= 4 is 0 Å². The molecule has 0 rings (SSSR count). The maximum absolute atomic E-state index is 10.2. The number of allylic oxidation sites excluding steroid dienone is 2. The van der Waals surface area contributed by atoms with E-state index in [1.807, 2.05) is 0 Å². The van der Waals surface area contributed by atoms with Crippen molar-refractivity contribution in [3.63, 3.8) is 0 Å². The van der Waals surface area contributed by atoms with Gasteiger partial charge in [-0.1, -0.05) is 25.5 Å². The summed E-state index contributed by atoms with van der Waals surface area (Å²) < 4.78 is 0. The molecule has 0 aliphatic carbocycles. The Bertz CT molecular complexity index is 108. The van der Waals surface area contributed by atoms with Crippen molar-refractivity contribution in [2.45, 2.75) is 46.0 Å². The predicted molar refractivity (Wildman–Crippen MR) is 52.6 cm³/mol. The summed E-state index contributed by atoms with van der Waals surface area (Å²) >= 11 is 0. The van der Waals surface area contributed by atoms with Gasteiger partial charge in [0.2, 0.25) is 0 Å². The van der Waals surface area contributed by atoms with E-state index in [2.05, 4.69) is 26.0 Å². The minimum absolute atomic E-state index is 0.0964. The molecule has 1 atom stereocenters. The predicted octanol–water partition coefficient (Wildman–Crippen LogP) is 3.58. The Kier molecular flexibility index (Phi) is 8.57. The second-order valence-electron chi connectivity index (χ2n) is 3.45. The van der Waals surface area contributed by atoms with Gasteiger partial charge >= 0.3 is 0 Å². The van der Waals surface area contributed by atoms with Crippen LogP contribution < -0.4 is 0 Å². The highest BCUT2D eigenvalue weighted by molar-refractivity contribution is 4.76. The lowest BCUT2D eigenvalue weighted by Gasteiger charge is -2.08. The van der Waals surface area contributed by atoms with Crippen molar-refractivity contribution in [1.82, 2.24) is 0 Å².